The van der Waals surface area contributed by atoms with E-state index in [9.17, 15) is 0 Å². The molecule has 1 aromatic rings. The summed E-state index contributed by atoms with van der Waals surface area (Å²) in [7, 11) is 0. The fourth-order valence-electron chi connectivity index (χ4n) is 2.32. The standard InChI is InChI=1S/C13H18N2S/c14-8-12-6-7-13(16-12)10-15-9-11-4-2-1-3-5-11/h6-7,11,15H,1-5,9-10H2. The van der Waals surface area contributed by atoms with Crippen LogP contribution in [0.4, 0.5) is 0 Å². The van der Waals surface area contributed by atoms with Crippen LogP contribution in [0.2, 0.25) is 0 Å². The number of rotatable bonds is 4. The molecule has 1 aromatic heterocycles. The van der Waals surface area contributed by atoms with Gasteiger partial charge in [-0.15, -0.1) is 11.3 Å². The smallest absolute Gasteiger partial charge is 0.110 e. The van der Waals surface area contributed by atoms with E-state index in [1.54, 1.807) is 11.3 Å². The molecule has 0 unspecified atom stereocenters. The predicted molar refractivity (Wildman–Crippen MR) is 67.3 cm³/mol. The molecule has 0 bridgehead atoms. The highest BCUT2D eigenvalue weighted by atomic mass is 32.1. The van der Waals surface area contributed by atoms with E-state index in [0.717, 1.165) is 23.9 Å². The Balaban J connectivity index is 1.69. The van der Waals surface area contributed by atoms with Crippen LogP contribution in [0.15, 0.2) is 12.1 Å². The third-order valence-corrected chi connectivity index (χ3v) is 4.22. The minimum Gasteiger partial charge on any atom is -0.312 e. The molecule has 1 heterocycles. The van der Waals surface area contributed by atoms with Crippen LogP contribution in [0.3, 0.4) is 0 Å². The zero-order valence-electron chi connectivity index (χ0n) is 9.54. The molecule has 0 saturated heterocycles. The zero-order valence-corrected chi connectivity index (χ0v) is 10.4. The summed E-state index contributed by atoms with van der Waals surface area (Å²) >= 11 is 1.60. The lowest BCUT2D eigenvalue weighted by atomic mass is 9.89. The number of nitrogens with one attached hydrogen (secondary N) is 1. The van der Waals surface area contributed by atoms with E-state index >= 15 is 0 Å². The van der Waals surface area contributed by atoms with Gasteiger partial charge in [-0.25, -0.2) is 0 Å². The van der Waals surface area contributed by atoms with Gasteiger partial charge < -0.3 is 5.32 Å². The van der Waals surface area contributed by atoms with Crippen LogP contribution in [0, 0.1) is 17.2 Å². The van der Waals surface area contributed by atoms with Crippen LogP contribution < -0.4 is 5.32 Å². The molecular weight excluding hydrogens is 216 g/mol. The number of nitriles is 1. The van der Waals surface area contributed by atoms with Gasteiger partial charge in [0.05, 0.1) is 0 Å². The molecule has 1 saturated carbocycles. The lowest BCUT2D eigenvalue weighted by molar-refractivity contribution is 0.342. The summed E-state index contributed by atoms with van der Waals surface area (Å²) in [5.41, 5.74) is 0. The predicted octanol–water partition coefficient (Wildman–Crippen LogP) is 3.29. The lowest BCUT2D eigenvalue weighted by Crippen LogP contribution is -2.23. The largest absolute Gasteiger partial charge is 0.312 e. The molecule has 1 aliphatic carbocycles. The summed E-state index contributed by atoms with van der Waals surface area (Å²) in [6.07, 6.45) is 7.02. The molecule has 2 nitrogen and oxygen atoms in total. The van der Waals surface area contributed by atoms with Crippen molar-refractivity contribution in [2.24, 2.45) is 5.92 Å². The van der Waals surface area contributed by atoms with Crippen molar-refractivity contribution < 1.29 is 0 Å². The molecular formula is C13H18N2S. The van der Waals surface area contributed by atoms with E-state index in [0.29, 0.717) is 0 Å². The van der Waals surface area contributed by atoms with Crippen LogP contribution >= 0.6 is 11.3 Å². The number of hydrogen-bond donors (Lipinski definition) is 1. The van der Waals surface area contributed by atoms with Gasteiger partial charge in [0.1, 0.15) is 10.9 Å². The van der Waals surface area contributed by atoms with Gasteiger partial charge in [0.2, 0.25) is 0 Å². The average Bonchev–Trinajstić information content (AvgIpc) is 2.78. The van der Waals surface area contributed by atoms with Crippen molar-refractivity contribution in [3.63, 3.8) is 0 Å². The highest BCUT2D eigenvalue weighted by Crippen LogP contribution is 2.23. The molecule has 1 aliphatic rings. The Morgan fingerprint density at radius 2 is 2.12 bits per heavy atom. The second-order valence-electron chi connectivity index (χ2n) is 4.51. The molecule has 0 aliphatic heterocycles. The summed E-state index contributed by atoms with van der Waals surface area (Å²) in [4.78, 5) is 2.09. The van der Waals surface area contributed by atoms with Crippen molar-refractivity contribution in [2.75, 3.05) is 6.54 Å². The van der Waals surface area contributed by atoms with Gasteiger partial charge in [0, 0.05) is 11.4 Å². The molecule has 0 atom stereocenters. The Morgan fingerprint density at radius 3 is 2.81 bits per heavy atom. The Morgan fingerprint density at radius 1 is 1.31 bits per heavy atom. The van der Waals surface area contributed by atoms with E-state index < -0.39 is 0 Å². The average molecular weight is 234 g/mol. The summed E-state index contributed by atoms with van der Waals surface area (Å²) < 4.78 is 0. The van der Waals surface area contributed by atoms with E-state index in [2.05, 4.69) is 17.5 Å². The summed E-state index contributed by atoms with van der Waals surface area (Å²) in [6, 6.07) is 6.14. The number of thiophene rings is 1. The summed E-state index contributed by atoms with van der Waals surface area (Å²) in [6.45, 7) is 2.06. The molecule has 1 N–H and O–H groups in total. The second kappa shape index (κ2) is 6.03. The van der Waals surface area contributed by atoms with Crippen LogP contribution in [-0.4, -0.2) is 6.54 Å². The molecule has 86 valence electrons. The molecule has 16 heavy (non-hydrogen) atoms. The monoisotopic (exact) mass is 234 g/mol. The van der Waals surface area contributed by atoms with E-state index in [1.165, 1.54) is 37.0 Å². The van der Waals surface area contributed by atoms with Crippen molar-refractivity contribution in [3.8, 4) is 6.07 Å². The fourth-order valence-corrected chi connectivity index (χ4v) is 3.10. The van der Waals surface area contributed by atoms with Crippen molar-refractivity contribution in [1.29, 1.82) is 5.26 Å². The SMILES string of the molecule is N#Cc1ccc(CNCC2CCCCC2)s1. The van der Waals surface area contributed by atoms with E-state index in [-0.39, 0.29) is 0 Å². The van der Waals surface area contributed by atoms with Gasteiger partial charge >= 0.3 is 0 Å². The molecule has 0 amide bonds. The molecule has 2 rings (SSSR count). The Bertz CT molecular complexity index is 358. The molecule has 0 spiro atoms. The van der Waals surface area contributed by atoms with Crippen molar-refractivity contribution in [1.82, 2.24) is 5.32 Å². The zero-order chi connectivity index (χ0) is 11.2. The highest BCUT2D eigenvalue weighted by Gasteiger charge is 2.12. The minimum absolute atomic E-state index is 0.814. The maximum absolute atomic E-state index is 8.72. The number of nitrogens with zero attached hydrogens (tertiary/aromatic N) is 1. The molecule has 3 heteroatoms. The number of hydrogen-bond acceptors (Lipinski definition) is 3. The first-order chi connectivity index (χ1) is 7.88. The summed E-state index contributed by atoms with van der Waals surface area (Å²) in [5.74, 6) is 0.879. The second-order valence-corrected chi connectivity index (χ2v) is 5.68. The molecule has 0 aromatic carbocycles. The van der Waals surface area contributed by atoms with Crippen molar-refractivity contribution in [2.45, 2.75) is 38.6 Å². The third-order valence-electron chi connectivity index (χ3n) is 3.23. The molecule has 1 fully saturated rings. The first kappa shape index (κ1) is 11.6. The Kier molecular flexibility index (Phi) is 4.38. The maximum Gasteiger partial charge on any atom is 0.110 e. The van der Waals surface area contributed by atoms with Crippen LogP contribution in [0.5, 0.6) is 0 Å². The normalized spacial score (nSPS) is 17.2. The van der Waals surface area contributed by atoms with Gasteiger partial charge in [-0.05, 0) is 37.4 Å². The fraction of sp³-hybridized carbons (Fsp3) is 0.615. The third kappa shape index (κ3) is 3.33. The van der Waals surface area contributed by atoms with Gasteiger partial charge in [-0.2, -0.15) is 5.26 Å². The van der Waals surface area contributed by atoms with Crippen LogP contribution in [-0.2, 0) is 6.54 Å². The minimum atomic E-state index is 0.814. The topological polar surface area (TPSA) is 35.8 Å². The maximum atomic E-state index is 8.72. The van der Waals surface area contributed by atoms with Gasteiger partial charge in [-0.1, -0.05) is 19.3 Å². The van der Waals surface area contributed by atoms with Gasteiger partial charge in [-0.3, -0.25) is 0 Å². The first-order valence-electron chi connectivity index (χ1n) is 6.08. The molecule has 0 radical (unpaired) electrons. The highest BCUT2D eigenvalue weighted by molar-refractivity contribution is 7.12. The van der Waals surface area contributed by atoms with E-state index in [4.69, 9.17) is 5.26 Å². The quantitative estimate of drug-likeness (QED) is 0.867. The van der Waals surface area contributed by atoms with Crippen LogP contribution in [0.25, 0.3) is 0 Å². The Hall–Kier alpha value is -0.850. The Labute approximate surface area is 101 Å². The van der Waals surface area contributed by atoms with Gasteiger partial charge in [0.25, 0.3) is 0 Å². The first-order valence-corrected chi connectivity index (χ1v) is 6.89. The van der Waals surface area contributed by atoms with E-state index in [1.807, 2.05) is 6.07 Å². The van der Waals surface area contributed by atoms with Crippen molar-refractivity contribution >= 4 is 11.3 Å². The summed E-state index contributed by atoms with van der Waals surface area (Å²) in [5, 5.41) is 12.2. The lowest BCUT2D eigenvalue weighted by Gasteiger charge is -2.21. The van der Waals surface area contributed by atoms with Crippen molar-refractivity contribution in [3.05, 3.63) is 21.9 Å². The van der Waals surface area contributed by atoms with Crippen LogP contribution in [0.1, 0.15) is 41.9 Å². The van der Waals surface area contributed by atoms with Gasteiger partial charge in [0.15, 0.2) is 0 Å².